The Kier molecular flexibility index (Phi) is 35.9. The zero-order valence-corrected chi connectivity index (χ0v) is 79.6. The molecule has 0 unspecified atom stereocenters. The van der Waals surface area contributed by atoms with Gasteiger partial charge in [0.15, 0.2) is 0 Å². The second kappa shape index (κ2) is 49.5. The Morgan fingerprint density at radius 1 is 0.212 bits per heavy atom. The van der Waals surface area contributed by atoms with Crippen molar-refractivity contribution in [3.8, 4) is 46.0 Å². The summed E-state index contributed by atoms with van der Waals surface area (Å²) >= 11 is 0. The SMILES string of the molecule is CCCCCCCCCCCC1c2cc3c4c(B5OCC(c6ccncc6)CO5)c2OCOc2c1cc1c(c2B2OCC(c5ccncc5)CO2)OCOc2c(cc5c(c2B2OCC(c6ccncc6)CO2)OCOc2c(cc(c(c2B2OCC(c6ccncc6)CO2)OCO4)C3CCCCCCCCCCC)C5CCCCCCCCCCC)C1CCCCCCCCCCC. The molecule has 0 amide bonds. The van der Waals surface area contributed by atoms with Crippen LogP contribution in [0.4, 0.5) is 0 Å². The highest BCUT2D eigenvalue weighted by Crippen LogP contribution is 2.56. The van der Waals surface area contributed by atoms with Gasteiger partial charge in [-0.1, -0.05) is 259 Å². The van der Waals surface area contributed by atoms with Crippen molar-refractivity contribution >= 4 is 50.3 Å². The molecule has 12 heterocycles. The van der Waals surface area contributed by atoms with E-state index in [1.165, 1.54) is 154 Å². The van der Waals surface area contributed by atoms with E-state index in [2.05, 4.69) is 120 Å². The molecule has 0 N–H and O–H groups in total. The van der Waals surface area contributed by atoms with E-state index in [0.717, 1.165) is 169 Å². The first kappa shape index (κ1) is 95.5. The first-order valence-corrected chi connectivity index (χ1v) is 51.8. The normalized spacial score (nSPS) is 19.1. The van der Waals surface area contributed by atoms with Gasteiger partial charge in [0.05, 0.1) is 21.9 Å². The maximum atomic E-state index is 7.65. The molecule has 20 nitrogen and oxygen atoms in total. The fourth-order valence-corrected chi connectivity index (χ4v) is 22.2. The zero-order valence-electron chi connectivity index (χ0n) is 79.6. The molecule has 9 aliphatic rings. The minimum atomic E-state index is -0.942. The van der Waals surface area contributed by atoms with Gasteiger partial charge in [0.2, 0.25) is 27.2 Å². The van der Waals surface area contributed by atoms with Crippen molar-refractivity contribution in [1.29, 1.82) is 0 Å². The van der Waals surface area contributed by atoms with E-state index in [1.807, 2.05) is 49.6 Å². The number of rotatable bonds is 48. The fraction of sp³-hybridized carbons (Fsp3) is 0.593. The van der Waals surface area contributed by atoms with E-state index < -0.39 is 52.1 Å². The Hall–Kier alpha value is -8.18. The molecule has 8 bridgehead atoms. The van der Waals surface area contributed by atoms with Crippen LogP contribution in [0.5, 0.6) is 46.0 Å². The van der Waals surface area contributed by atoms with Gasteiger partial charge in [0, 0.05) is 194 Å². The summed E-state index contributed by atoms with van der Waals surface area (Å²) in [4.78, 5) is 17.7. The second-order valence-corrected chi connectivity index (χ2v) is 38.7. The number of unbranched alkanes of at least 4 members (excludes halogenated alkanes) is 32. The molecule has 1 aliphatic carbocycles. The fourth-order valence-electron chi connectivity index (χ4n) is 22.2. The highest BCUT2D eigenvalue weighted by atomic mass is 16.7. The highest BCUT2D eigenvalue weighted by Gasteiger charge is 2.50. The predicted octanol–water partition coefficient (Wildman–Crippen LogP) is 22.8. The molecule has 0 saturated carbocycles. The van der Waals surface area contributed by atoms with E-state index in [1.54, 1.807) is 0 Å². The van der Waals surface area contributed by atoms with Gasteiger partial charge >= 0.3 is 28.5 Å². The first-order valence-electron chi connectivity index (χ1n) is 51.8. The molecule has 0 atom stereocenters. The monoisotopic (exact) mass is 1800 g/mol. The molecule has 704 valence electrons. The molecule has 8 aromatic rings. The summed E-state index contributed by atoms with van der Waals surface area (Å²) in [5.41, 5.74) is 15.2. The van der Waals surface area contributed by atoms with Crippen LogP contribution in [0.1, 0.15) is 399 Å². The molecular formula is C108H144B4N4O16. The van der Waals surface area contributed by atoms with E-state index in [4.69, 9.17) is 75.1 Å². The van der Waals surface area contributed by atoms with Crippen LogP contribution in [0.2, 0.25) is 0 Å². The number of aromatic nitrogens is 4. The Morgan fingerprint density at radius 3 is 0.523 bits per heavy atom. The maximum absolute atomic E-state index is 7.65. The average molecular weight is 1800 g/mol. The summed E-state index contributed by atoms with van der Waals surface area (Å²) in [5, 5.41) is 0. The lowest BCUT2D eigenvalue weighted by molar-refractivity contribution is 0.0940. The van der Waals surface area contributed by atoms with Gasteiger partial charge in [0.25, 0.3) is 0 Å². The van der Waals surface area contributed by atoms with Gasteiger partial charge < -0.3 is 75.1 Å². The standard InChI is InChI=1S/C108H144B4N4O16/c1-5-9-13-17-21-25-29-33-37-41-85-89-61-91-86(42-38-34-30-26-22-18-14-10-6-2)93-63-95-88(44-40-36-32-28-24-20-16-12-8-4)96-64-94-87(43-39-35-31-27-23-19-15-11-7-3)92-62-90(85)102-98(110-127-67-82(68-128-110)78-47-55-114-56-48-78)104(92)120-75-122-106(94)100(112-131-71-84(72-132-112)80-51-59-116-60-52-80)108(96)124-76-123-107(95)99(111-129-69-83(70-130-111)79-49-57-115-58-50-79)105(93)121-74-119-103(91)97(101(89)117-73-118-102)109-125-65-81(66-126-109)77-45-53-113-54-46-77/h45-64,81-88H,5-44,65-76H2,1-4H3. The predicted molar refractivity (Wildman–Crippen MR) is 522 cm³/mol. The van der Waals surface area contributed by atoms with Gasteiger partial charge in [-0.3, -0.25) is 19.9 Å². The number of benzene rings is 4. The molecule has 4 saturated heterocycles. The van der Waals surface area contributed by atoms with Crippen molar-refractivity contribution in [3.05, 3.63) is 189 Å². The van der Waals surface area contributed by atoms with Crippen LogP contribution in [-0.4, -0.2) is 128 Å². The lowest BCUT2D eigenvalue weighted by Crippen LogP contribution is -2.48. The topological polar surface area (TPSA) is 199 Å². The van der Waals surface area contributed by atoms with E-state index >= 15 is 0 Å². The van der Waals surface area contributed by atoms with Gasteiger partial charge in [-0.05, 0) is 121 Å². The molecule has 0 spiro atoms. The number of pyridine rings is 4. The van der Waals surface area contributed by atoms with Crippen LogP contribution < -0.4 is 59.7 Å². The Bertz CT molecular complexity index is 4140. The molecule has 4 fully saturated rings. The van der Waals surface area contributed by atoms with Crippen molar-refractivity contribution in [3.63, 3.8) is 0 Å². The number of nitrogens with zero attached hydrogens (tertiary/aromatic N) is 4. The molecular weight excluding hydrogens is 1650 g/mol. The number of ether oxygens (including phenoxy) is 8. The van der Waals surface area contributed by atoms with Crippen molar-refractivity contribution in [1.82, 2.24) is 19.9 Å². The van der Waals surface area contributed by atoms with E-state index in [0.29, 0.717) is 121 Å². The summed E-state index contributed by atoms with van der Waals surface area (Å²) in [6.45, 7) is 11.4. The van der Waals surface area contributed by atoms with Gasteiger partial charge in [-0.2, -0.15) is 0 Å². The van der Waals surface area contributed by atoms with Crippen LogP contribution in [0.15, 0.2) is 122 Å². The minimum absolute atomic E-state index is 0.0677. The molecule has 4 aromatic heterocycles. The van der Waals surface area contributed by atoms with Crippen LogP contribution in [-0.2, 0) is 37.2 Å². The molecule has 0 radical (unpaired) electrons. The van der Waals surface area contributed by atoms with Crippen LogP contribution in [0.25, 0.3) is 0 Å². The second-order valence-electron chi connectivity index (χ2n) is 38.7. The Morgan fingerprint density at radius 2 is 0.364 bits per heavy atom. The maximum Gasteiger partial charge on any atom is 0.501 e. The highest BCUT2D eigenvalue weighted by molar-refractivity contribution is 6.65. The molecule has 4 aromatic carbocycles. The van der Waals surface area contributed by atoms with Crippen molar-refractivity contribution < 1.29 is 75.1 Å². The Balaban J connectivity index is 0.940. The summed E-state index contributed by atoms with van der Waals surface area (Å²) in [6, 6.07) is 26.6. The Labute approximate surface area is 787 Å². The number of hydrogen-bond acceptors (Lipinski definition) is 20. The van der Waals surface area contributed by atoms with E-state index in [-0.39, 0.29) is 50.8 Å². The van der Waals surface area contributed by atoms with Crippen LogP contribution in [0.3, 0.4) is 0 Å². The minimum Gasteiger partial charge on any atom is -0.457 e. The molecule has 17 rings (SSSR count). The quantitative estimate of drug-likeness (QED) is 0.0257. The third-order valence-corrected chi connectivity index (χ3v) is 29.6. The third kappa shape index (κ3) is 23.4. The molecule has 8 aliphatic heterocycles. The van der Waals surface area contributed by atoms with E-state index in [9.17, 15) is 0 Å². The zero-order chi connectivity index (χ0) is 89.8. The van der Waals surface area contributed by atoms with Gasteiger partial charge in [-0.15, -0.1) is 0 Å². The van der Waals surface area contributed by atoms with Crippen molar-refractivity contribution in [2.75, 3.05) is 80.0 Å². The number of hydrogen-bond donors (Lipinski definition) is 0. The summed E-state index contributed by atoms with van der Waals surface area (Å²) in [6.07, 6.45) is 59.6. The largest absolute Gasteiger partial charge is 0.501 e. The average Bonchev–Trinajstić information content (AvgIpc) is 0.711. The van der Waals surface area contributed by atoms with Crippen molar-refractivity contribution in [2.45, 2.75) is 332 Å². The molecule has 24 heteroatoms. The smallest absolute Gasteiger partial charge is 0.457 e. The summed E-state index contributed by atoms with van der Waals surface area (Å²) < 4.78 is 120. The summed E-state index contributed by atoms with van der Waals surface area (Å²) in [5.74, 6) is 3.14. The summed E-state index contributed by atoms with van der Waals surface area (Å²) in [7, 11) is -3.77. The lowest BCUT2D eigenvalue weighted by Gasteiger charge is -2.39. The first-order chi connectivity index (χ1) is 65.5. The van der Waals surface area contributed by atoms with Crippen molar-refractivity contribution in [2.24, 2.45) is 0 Å². The van der Waals surface area contributed by atoms with Gasteiger partial charge in [0.1, 0.15) is 46.0 Å². The van der Waals surface area contributed by atoms with Gasteiger partial charge in [-0.25, -0.2) is 0 Å². The third-order valence-electron chi connectivity index (χ3n) is 29.6. The van der Waals surface area contributed by atoms with Crippen LogP contribution in [0, 0.1) is 0 Å². The molecule has 132 heavy (non-hydrogen) atoms. The van der Waals surface area contributed by atoms with Crippen LogP contribution >= 0.6 is 0 Å². The lowest BCUT2D eigenvalue weighted by atomic mass is 9.65.